The van der Waals surface area contributed by atoms with Crippen molar-refractivity contribution in [3.63, 3.8) is 0 Å². The quantitative estimate of drug-likeness (QED) is 0.648. The van der Waals surface area contributed by atoms with Crippen LogP contribution in [0.5, 0.6) is 0 Å². The van der Waals surface area contributed by atoms with Crippen LogP contribution in [-0.4, -0.2) is 73.3 Å². The van der Waals surface area contributed by atoms with Gasteiger partial charge in [0.2, 0.25) is 11.8 Å². The third-order valence-electron chi connectivity index (χ3n) is 5.95. The summed E-state index contributed by atoms with van der Waals surface area (Å²) in [5, 5.41) is 5.26. The van der Waals surface area contributed by atoms with Crippen LogP contribution in [0.1, 0.15) is 42.5 Å². The van der Waals surface area contributed by atoms with Crippen molar-refractivity contribution in [1.82, 2.24) is 20.4 Å². The third kappa shape index (κ3) is 6.72. The zero-order valence-electron chi connectivity index (χ0n) is 17.7. The number of amides is 3. The Morgan fingerprint density at radius 3 is 2.35 bits per heavy atom. The molecule has 0 aromatic heterocycles. The van der Waals surface area contributed by atoms with Crippen molar-refractivity contribution in [2.75, 3.05) is 45.8 Å². The maximum atomic E-state index is 13.6. The van der Waals surface area contributed by atoms with Crippen molar-refractivity contribution in [1.29, 1.82) is 0 Å². The van der Waals surface area contributed by atoms with E-state index >= 15 is 0 Å². The lowest BCUT2D eigenvalue weighted by molar-refractivity contribution is -0.137. The number of hydrogen-bond donors (Lipinski definition) is 2. The van der Waals surface area contributed by atoms with Crippen molar-refractivity contribution in [2.24, 2.45) is 5.92 Å². The van der Waals surface area contributed by atoms with E-state index in [1.807, 2.05) is 4.90 Å². The molecule has 1 saturated carbocycles. The minimum Gasteiger partial charge on any atom is -0.355 e. The van der Waals surface area contributed by atoms with Crippen LogP contribution in [-0.2, 0) is 9.59 Å². The van der Waals surface area contributed by atoms with Gasteiger partial charge in [-0.15, -0.1) is 0 Å². The normalized spacial score (nSPS) is 17.5. The fraction of sp³-hybridized carbons (Fsp3) is 0.591. The van der Waals surface area contributed by atoms with E-state index in [0.717, 1.165) is 64.0 Å². The smallest absolute Gasteiger partial charge is 0.254 e. The largest absolute Gasteiger partial charge is 0.355 e. The van der Waals surface area contributed by atoms with Crippen molar-refractivity contribution < 1.29 is 23.2 Å². The monoisotopic (exact) mass is 436 g/mol. The lowest BCUT2D eigenvalue weighted by atomic mass is 10.1. The lowest BCUT2D eigenvalue weighted by Gasteiger charge is -2.36. The van der Waals surface area contributed by atoms with Gasteiger partial charge in [0, 0.05) is 64.2 Å². The van der Waals surface area contributed by atoms with E-state index in [1.54, 1.807) is 0 Å². The van der Waals surface area contributed by atoms with E-state index in [4.69, 9.17) is 0 Å². The van der Waals surface area contributed by atoms with Crippen molar-refractivity contribution >= 4 is 17.7 Å². The second-order valence-electron chi connectivity index (χ2n) is 8.13. The Morgan fingerprint density at radius 1 is 0.968 bits per heavy atom. The highest BCUT2D eigenvalue weighted by Gasteiger charge is 2.29. The average molecular weight is 437 g/mol. The molecule has 170 valence electrons. The summed E-state index contributed by atoms with van der Waals surface area (Å²) in [5.41, 5.74) is -0.257. The Balaban J connectivity index is 1.27. The second-order valence-corrected chi connectivity index (χ2v) is 8.13. The molecule has 3 rings (SSSR count). The van der Waals surface area contributed by atoms with Gasteiger partial charge in [-0.1, -0.05) is 12.8 Å². The number of piperazine rings is 1. The van der Waals surface area contributed by atoms with Gasteiger partial charge in [-0.05, 0) is 25.0 Å². The first-order chi connectivity index (χ1) is 14.9. The van der Waals surface area contributed by atoms with Gasteiger partial charge in [0.15, 0.2) is 0 Å². The van der Waals surface area contributed by atoms with Crippen LogP contribution < -0.4 is 10.6 Å². The predicted octanol–water partition coefficient (Wildman–Crippen LogP) is 1.54. The number of nitrogens with zero attached hydrogens (tertiary/aromatic N) is 2. The molecule has 1 aromatic rings. The maximum Gasteiger partial charge on any atom is 0.254 e. The van der Waals surface area contributed by atoms with Gasteiger partial charge in [0.1, 0.15) is 11.6 Å². The number of nitrogens with one attached hydrogen (secondary N) is 2. The summed E-state index contributed by atoms with van der Waals surface area (Å²) < 4.78 is 26.5. The first-order valence-corrected chi connectivity index (χ1v) is 10.9. The van der Waals surface area contributed by atoms with Crippen LogP contribution in [0.2, 0.25) is 0 Å². The topological polar surface area (TPSA) is 81.8 Å². The molecular weight excluding hydrogens is 406 g/mol. The molecule has 31 heavy (non-hydrogen) atoms. The van der Waals surface area contributed by atoms with E-state index in [-0.39, 0.29) is 30.4 Å². The van der Waals surface area contributed by atoms with Gasteiger partial charge in [0.05, 0.1) is 5.56 Å². The zero-order valence-corrected chi connectivity index (χ0v) is 17.7. The second kappa shape index (κ2) is 11.2. The van der Waals surface area contributed by atoms with Crippen molar-refractivity contribution in [3.05, 3.63) is 35.4 Å². The number of halogens is 2. The molecule has 1 heterocycles. The summed E-state index contributed by atoms with van der Waals surface area (Å²) in [6.45, 7) is 4.30. The van der Waals surface area contributed by atoms with Gasteiger partial charge in [0.25, 0.3) is 5.91 Å². The van der Waals surface area contributed by atoms with Crippen LogP contribution in [0.25, 0.3) is 0 Å². The molecule has 0 atom stereocenters. The Hall–Kier alpha value is -2.55. The van der Waals surface area contributed by atoms with E-state index in [0.29, 0.717) is 25.1 Å². The van der Waals surface area contributed by atoms with Gasteiger partial charge < -0.3 is 15.5 Å². The summed E-state index contributed by atoms with van der Waals surface area (Å²) in [6.07, 6.45) is 4.42. The Labute approximate surface area is 181 Å². The van der Waals surface area contributed by atoms with E-state index in [1.165, 1.54) is 0 Å². The highest BCUT2D eigenvalue weighted by molar-refractivity contribution is 5.94. The fourth-order valence-corrected chi connectivity index (χ4v) is 4.12. The van der Waals surface area contributed by atoms with Crippen LogP contribution >= 0.6 is 0 Å². The molecule has 7 nitrogen and oxygen atoms in total. The molecule has 1 aliphatic heterocycles. The molecule has 1 aromatic carbocycles. The van der Waals surface area contributed by atoms with Gasteiger partial charge in [-0.2, -0.15) is 0 Å². The number of carbonyl (C=O) groups is 3. The Bertz CT molecular complexity index is 791. The highest BCUT2D eigenvalue weighted by atomic mass is 19.1. The highest BCUT2D eigenvalue weighted by Crippen LogP contribution is 2.26. The summed E-state index contributed by atoms with van der Waals surface area (Å²) in [6, 6.07) is 2.72. The van der Waals surface area contributed by atoms with Crippen molar-refractivity contribution in [3.8, 4) is 0 Å². The van der Waals surface area contributed by atoms with Gasteiger partial charge in [-0.3, -0.25) is 19.3 Å². The molecule has 2 fully saturated rings. The van der Waals surface area contributed by atoms with E-state index in [9.17, 15) is 23.2 Å². The molecule has 2 aliphatic rings. The molecule has 1 aliphatic carbocycles. The minimum atomic E-state index is -0.938. The number of rotatable bonds is 8. The van der Waals surface area contributed by atoms with Gasteiger partial charge in [-0.25, -0.2) is 8.78 Å². The number of benzene rings is 1. The van der Waals surface area contributed by atoms with E-state index < -0.39 is 17.5 Å². The Morgan fingerprint density at radius 2 is 1.68 bits per heavy atom. The SMILES string of the molecule is O=C(CCNC(=O)c1ccc(F)cc1F)NCCN1CCN(C(=O)C2CCCC2)CC1. The summed E-state index contributed by atoms with van der Waals surface area (Å²) >= 11 is 0. The fourth-order valence-electron chi connectivity index (χ4n) is 4.12. The predicted molar refractivity (Wildman–Crippen MR) is 111 cm³/mol. The summed E-state index contributed by atoms with van der Waals surface area (Å²) in [5.74, 6) is -2.08. The maximum absolute atomic E-state index is 13.6. The van der Waals surface area contributed by atoms with Gasteiger partial charge >= 0.3 is 0 Å². The minimum absolute atomic E-state index is 0.0590. The van der Waals surface area contributed by atoms with Crippen molar-refractivity contribution in [2.45, 2.75) is 32.1 Å². The standard InChI is InChI=1S/C22H30F2N4O3/c23-17-5-6-18(19(24)15-17)21(30)26-8-7-20(29)25-9-10-27-11-13-28(14-12-27)22(31)16-3-1-2-4-16/h5-6,15-16H,1-4,7-14H2,(H,25,29)(H,26,30). The molecule has 0 spiro atoms. The molecule has 2 N–H and O–H groups in total. The molecule has 3 amide bonds. The number of hydrogen-bond acceptors (Lipinski definition) is 4. The van der Waals surface area contributed by atoms with Crippen LogP contribution in [0, 0.1) is 17.6 Å². The lowest BCUT2D eigenvalue weighted by Crippen LogP contribution is -2.51. The molecule has 0 unspecified atom stereocenters. The van der Waals surface area contributed by atoms with Crippen LogP contribution in [0.3, 0.4) is 0 Å². The molecule has 0 radical (unpaired) electrons. The first kappa shape index (κ1) is 23.1. The molecule has 1 saturated heterocycles. The molecule has 9 heteroatoms. The van der Waals surface area contributed by atoms with E-state index in [2.05, 4.69) is 15.5 Å². The number of carbonyl (C=O) groups excluding carboxylic acids is 3. The Kier molecular flexibility index (Phi) is 8.34. The third-order valence-corrected chi connectivity index (χ3v) is 5.95. The first-order valence-electron chi connectivity index (χ1n) is 10.9. The average Bonchev–Trinajstić information content (AvgIpc) is 3.28. The van der Waals surface area contributed by atoms with Crippen LogP contribution in [0.4, 0.5) is 8.78 Å². The molecule has 0 bridgehead atoms. The van der Waals surface area contributed by atoms with Crippen LogP contribution in [0.15, 0.2) is 18.2 Å². The molecular formula is C22H30F2N4O3. The zero-order chi connectivity index (χ0) is 22.2. The summed E-state index contributed by atoms with van der Waals surface area (Å²) in [4.78, 5) is 40.5. The summed E-state index contributed by atoms with van der Waals surface area (Å²) in [7, 11) is 0.